The first-order valence-electron chi connectivity index (χ1n) is 11.0. The van der Waals surface area contributed by atoms with Gasteiger partial charge in [0.15, 0.2) is 5.69 Å². The fraction of sp³-hybridized carbons (Fsp3) is 0.522. The smallest absolute Gasteiger partial charge is 0.435 e. The van der Waals surface area contributed by atoms with Gasteiger partial charge in [-0.25, -0.2) is 4.39 Å². The molecule has 1 aromatic carbocycles. The predicted molar refractivity (Wildman–Crippen MR) is 107 cm³/mol. The first-order chi connectivity index (χ1) is 15.5. The molecule has 176 valence electrons. The Morgan fingerprint density at radius 1 is 1.06 bits per heavy atom. The number of alkyl halides is 3. The molecule has 2 fully saturated rings. The molecule has 3 aliphatic rings. The molecule has 2 saturated carbocycles. The molecule has 1 aromatic heterocycles. The monoisotopic (exact) mass is 465 g/mol. The third-order valence-corrected chi connectivity index (χ3v) is 7.69. The van der Waals surface area contributed by atoms with Crippen LogP contribution >= 0.6 is 0 Å². The third-order valence-electron chi connectivity index (χ3n) is 7.69. The first kappa shape index (κ1) is 21.9. The van der Waals surface area contributed by atoms with Crippen LogP contribution in [0.25, 0.3) is 0 Å². The number of hydrogen-bond acceptors (Lipinski definition) is 3. The summed E-state index contributed by atoms with van der Waals surface area (Å²) in [4.78, 5) is 26.8. The number of aliphatic carboxylic acids is 1. The minimum absolute atomic E-state index is 0.0136. The second-order valence-corrected chi connectivity index (χ2v) is 9.58. The zero-order valence-electron chi connectivity index (χ0n) is 17.8. The molecule has 2 heterocycles. The van der Waals surface area contributed by atoms with Crippen LogP contribution in [0, 0.1) is 16.6 Å². The minimum Gasteiger partial charge on any atom is -0.481 e. The van der Waals surface area contributed by atoms with E-state index in [0.29, 0.717) is 43.4 Å². The first-order valence-corrected chi connectivity index (χ1v) is 11.0. The number of benzene rings is 1. The van der Waals surface area contributed by atoms with Crippen molar-refractivity contribution in [1.29, 1.82) is 0 Å². The number of nitrogens with zero attached hydrogens (tertiary/aromatic N) is 3. The predicted octanol–water partition coefficient (Wildman–Crippen LogP) is 4.01. The van der Waals surface area contributed by atoms with Gasteiger partial charge < -0.3 is 10.0 Å². The fourth-order valence-electron chi connectivity index (χ4n) is 5.90. The summed E-state index contributed by atoms with van der Waals surface area (Å²) in [5, 5.41) is 13.5. The van der Waals surface area contributed by atoms with E-state index in [1.54, 1.807) is 4.90 Å². The van der Waals surface area contributed by atoms with Crippen molar-refractivity contribution < 1.29 is 32.3 Å². The molecule has 5 rings (SSSR count). The van der Waals surface area contributed by atoms with Crippen LogP contribution in [0.5, 0.6) is 0 Å². The average Bonchev–Trinajstić information content (AvgIpc) is 3.46. The molecule has 1 N–H and O–H groups in total. The quantitative estimate of drug-likeness (QED) is 0.693. The molecule has 0 atom stereocenters. The molecule has 0 radical (unpaired) electrons. The van der Waals surface area contributed by atoms with Crippen molar-refractivity contribution in [3.63, 3.8) is 0 Å². The van der Waals surface area contributed by atoms with Crippen LogP contribution in [-0.2, 0) is 35.3 Å². The number of amides is 1. The molecule has 0 unspecified atom stereocenters. The number of carboxylic acid groups (broad SMARTS) is 1. The van der Waals surface area contributed by atoms with E-state index in [-0.39, 0.29) is 37.5 Å². The molecule has 2 bridgehead atoms. The summed E-state index contributed by atoms with van der Waals surface area (Å²) in [6, 6.07) is 5.45. The fourth-order valence-corrected chi connectivity index (χ4v) is 5.90. The third kappa shape index (κ3) is 3.50. The average molecular weight is 465 g/mol. The van der Waals surface area contributed by atoms with Gasteiger partial charge in [0.25, 0.3) is 0 Å². The van der Waals surface area contributed by atoms with Gasteiger partial charge in [-0.15, -0.1) is 0 Å². The molecule has 0 spiro atoms. The molecule has 2 aromatic rings. The van der Waals surface area contributed by atoms with Crippen molar-refractivity contribution in [3.05, 3.63) is 52.6 Å². The number of carbonyl (C=O) groups is 2. The summed E-state index contributed by atoms with van der Waals surface area (Å²) in [5.74, 6) is -1.49. The van der Waals surface area contributed by atoms with Crippen molar-refractivity contribution in [2.24, 2.45) is 10.8 Å². The second kappa shape index (κ2) is 7.30. The van der Waals surface area contributed by atoms with Gasteiger partial charge in [0, 0.05) is 12.1 Å². The number of rotatable bonds is 4. The number of hydrogen-bond donors (Lipinski definition) is 1. The number of carbonyl (C=O) groups excluding carboxylic acids is 1. The van der Waals surface area contributed by atoms with E-state index in [1.807, 2.05) is 0 Å². The summed E-state index contributed by atoms with van der Waals surface area (Å²) in [6.07, 6.45) is -2.42. The molecular formula is C23H23F4N3O3. The molecule has 2 aliphatic carbocycles. The van der Waals surface area contributed by atoms with Gasteiger partial charge in [-0.1, -0.05) is 12.1 Å². The second-order valence-electron chi connectivity index (χ2n) is 9.58. The van der Waals surface area contributed by atoms with Gasteiger partial charge >= 0.3 is 12.1 Å². The van der Waals surface area contributed by atoms with Crippen molar-refractivity contribution in [2.45, 2.75) is 57.8 Å². The number of fused-ring (bicyclic) bond motifs is 3. The lowest BCUT2D eigenvalue weighted by Gasteiger charge is -2.35. The Morgan fingerprint density at radius 2 is 1.70 bits per heavy atom. The van der Waals surface area contributed by atoms with E-state index in [2.05, 4.69) is 5.10 Å². The highest BCUT2D eigenvalue weighted by atomic mass is 19.4. The minimum atomic E-state index is -4.62. The topological polar surface area (TPSA) is 75.4 Å². The van der Waals surface area contributed by atoms with Crippen molar-refractivity contribution in [1.82, 2.24) is 14.7 Å². The Kier molecular flexibility index (Phi) is 4.84. The van der Waals surface area contributed by atoms with Crippen LogP contribution in [0.3, 0.4) is 0 Å². The molecule has 0 saturated heterocycles. The van der Waals surface area contributed by atoms with Crippen molar-refractivity contribution >= 4 is 11.9 Å². The van der Waals surface area contributed by atoms with Crippen LogP contribution in [0.1, 0.15) is 54.6 Å². The van der Waals surface area contributed by atoms with Gasteiger partial charge in [0.05, 0.1) is 29.6 Å². The number of aromatic nitrogens is 2. The van der Waals surface area contributed by atoms with Gasteiger partial charge in [0.2, 0.25) is 5.91 Å². The lowest BCUT2D eigenvalue weighted by atomic mass is 9.81. The number of carboxylic acids is 1. The Hall–Kier alpha value is -2.91. The SMILES string of the molecule is O=C(O)C12CCC(C(=O)N3CCc4c(C(F)(F)F)nn(Cc5ccc(F)cc5)c4C3)(CC1)C2. The van der Waals surface area contributed by atoms with E-state index in [1.165, 1.54) is 28.9 Å². The van der Waals surface area contributed by atoms with Crippen LogP contribution in [-0.4, -0.2) is 38.2 Å². The highest BCUT2D eigenvalue weighted by Gasteiger charge is 2.62. The highest BCUT2D eigenvalue weighted by molar-refractivity contribution is 5.87. The molecule has 1 aliphatic heterocycles. The summed E-state index contributed by atoms with van der Waals surface area (Å²) in [5.41, 5.74) is -1.55. The molecule has 10 heteroatoms. The summed E-state index contributed by atoms with van der Waals surface area (Å²) >= 11 is 0. The summed E-state index contributed by atoms with van der Waals surface area (Å²) in [7, 11) is 0. The van der Waals surface area contributed by atoms with Gasteiger partial charge in [-0.2, -0.15) is 18.3 Å². The van der Waals surface area contributed by atoms with Gasteiger partial charge in [0.1, 0.15) is 5.82 Å². The molecule has 6 nitrogen and oxygen atoms in total. The zero-order chi connectivity index (χ0) is 23.6. The maximum atomic E-state index is 13.7. The normalized spacial score (nSPS) is 26.5. The Morgan fingerprint density at radius 3 is 2.27 bits per heavy atom. The lowest BCUT2D eigenvalue weighted by molar-refractivity contribution is -0.148. The van der Waals surface area contributed by atoms with E-state index in [4.69, 9.17) is 0 Å². The van der Waals surface area contributed by atoms with Gasteiger partial charge in [-0.3, -0.25) is 14.3 Å². The van der Waals surface area contributed by atoms with Crippen LogP contribution in [0.2, 0.25) is 0 Å². The summed E-state index contributed by atoms with van der Waals surface area (Å²) < 4.78 is 55.5. The van der Waals surface area contributed by atoms with Crippen molar-refractivity contribution in [3.8, 4) is 0 Å². The van der Waals surface area contributed by atoms with Crippen LogP contribution in [0.4, 0.5) is 17.6 Å². The Bertz CT molecular complexity index is 1120. The zero-order valence-corrected chi connectivity index (χ0v) is 17.8. The number of halogens is 4. The molecule has 1 amide bonds. The largest absolute Gasteiger partial charge is 0.481 e. The van der Waals surface area contributed by atoms with Gasteiger partial charge in [-0.05, 0) is 56.2 Å². The summed E-state index contributed by atoms with van der Waals surface area (Å²) in [6.45, 7) is 0.146. The standard InChI is InChI=1S/C23H23F4N3O3/c24-15-3-1-14(2-4-15)11-30-17-12-29(10-5-16(17)18(28-30)23(25,26)27)19(31)21-6-8-22(13-21,9-7-21)20(32)33/h1-4H,5-13H2,(H,32,33). The lowest BCUT2D eigenvalue weighted by Crippen LogP contribution is -2.45. The molecule has 33 heavy (non-hydrogen) atoms. The van der Waals surface area contributed by atoms with E-state index in [0.717, 1.165) is 0 Å². The van der Waals surface area contributed by atoms with E-state index < -0.39 is 34.5 Å². The van der Waals surface area contributed by atoms with E-state index >= 15 is 0 Å². The maximum absolute atomic E-state index is 13.7. The van der Waals surface area contributed by atoms with Crippen LogP contribution < -0.4 is 0 Å². The van der Waals surface area contributed by atoms with Crippen molar-refractivity contribution in [2.75, 3.05) is 6.54 Å². The highest BCUT2D eigenvalue weighted by Crippen LogP contribution is 2.62. The van der Waals surface area contributed by atoms with E-state index in [9.17, 15) is 32.3 Å². The Balaban J connectivity index is 1.44. The Labute approximate surface area is 187 Å². The molecular weight excluding hydrogens is 442 g/mol. The maximum Gasteiger partial charge on any atom is 0.435 e. The van der Waals surface area contributed by atoms with Crippen LogP contribution in [0.15, 0.2) is 24.3 Å².